The first kappa shape index (κ1) is 14.3. The minimum absolute atomic E-state index is 0.475. The normalized spacial score (nSPS) is 30.2. The molecule has 2 fully saturated rings. The SMILES string of the molecule is CCC1CNC2(CCCC2)CN1CC(C)C(C)C. The highest BCUT2D eigenvalue weighted by Crippen LogP contribution is 2.34. The maximum atomic E-state index is 3.89. The fourth-order valence-electron chi connectivity index (χ4n) is 3.62. The van der Waals surface area contributed by atoms with Crippen LogP contribution in [-0.4, -0.2) is 36.1 Å². The third-order valence-corrected chi connectivity index (χ3v) is 5.43. The number of nitrogens with zero attached hydrogens (tertiary/aromatic N) is 1. The molecule has 1 saturated heterocycles. The Balaban J connectivity index is 1.99. The minimum atomic E-state index is 0.475. The first-order chi connectivity index (χ1) is 8.56. The molecule has 18 heavy (non-hydrogen) atoms. The molecule has 0 bridgehead atoms. The summed E-state index contributed by atoms with van der Waals surface area (Å²) in [6, 6.07) is 0.762. The van der Waals surface area contributed by atoms with Crippen LogP contribution in [-0.2, 0) is 0 Å². The van der Waals surface area contributed by atoms with Gasteiger partial charge >= 0.3 is 0 Å². The van der Waals surface area contributed by atoms with Gasteiger partial charge < -0.3 is 5.32 Å². The van der Waals surface area contributed by atoms with Crippen LogP contribution in [0.1, 0.15) is 59.8 Å². The van der Waals surface area contributed by atoms with Gasteiger partial charge in [-0.3, -0.25) is 4.90 Å². The highest BCUT2D eigenvalue weighted by atomic mass is 15.3. The van der Waals surface area contributed by atoms with E-state index in [0.717, 1.165) is 17.9 Å². The topological polar surface area (TPSA) is 15.3 Å². The van der Waals surface area contributed by atoms with E-state index in [0.29, 0.717) is 5.54 Å². The molecule has 2 heteroatoms. The number of hydrogen-bond acceptors (Lipinski definition) is 2. The Labute approximate surface area is 114 Å². The van der Waals surface area contributed by atoms with Crippen LogP contribution < -0.4 is 5.32 Å². The van der Waals surface area contributed by atoms with Crippen molar-refractivity contribution in [3.63, 3.8) is 0 Å². The summed E-state index contributed by atoms with van der Waals surface area (Å²) in [5, 5.41) is 3.89. The highest BCUT2D eigenvalue weighted by molar-refractivity contribution is 5.00. The van der Waals surface area contributed by atoms with Gasteiger partial charge in [0.25, 0.3) is 0 Å². The molecule has 2 rings (SSSR count). The maximum absolute atomic E-state index is 3.89. The molecule has 1 aliphatic heterocycles. The summed E-state index contributed by atoms with van der Waals surface area (Å²) >= 11 is 0. The van der Waals surface area contributed by atoms with Crippen molar-refractivity contribution in [1.82, 2.24) is 10.2 Å². The van der Waals surface area contributed by atoms with Crippen molar-refractivity contribution >= 4 is 0 Å². The molecule has 1 aliphatic carbocycles. The zero-order valence-electron chi connectivity index (χ0n) is 12.8. The summed E-state index contributed by atoms with van der Waals surface area (Å²) in [7, 11) is 0. The van der Waals surface area contributed by atoms with E-state index in [1.807, 2.05) is 0 Å². The van der Waals surface area contributed by atoms with Crippen LogP contribution in [0, 0.1) is 11.8 Å². The molecule has 1 N–H and O–H groups in total. The molecule has 1 saturated carbocycles. The van der Waals surface area contributed by atoms with Crippen LogP contribution in [0.3, 0.4) is 0 Å². The number of hydrogen-bond donors (Lipinski definition) is 1. The van der Waals surface area contributed by atoms with Gasteiger partial charge in [0, 0.05) is 31.2 Å². The van der Waals surface area contributed by atoms with E-state index in [4.69, 9.17) is 0 Å². The second-order valence-electron chi connectivity index (χ2n) is 7.08. The molecular formula is C16H32N2. The van der Waals surface area contributed by atoms with E-state index in [2.05, 4.69) is 37.9 Å². The molecule has 2 aliphatic rings. The predicted molar refractivity (Wildman–Crippen MR) is 78.9 cm³/mol. The lowest BCUT2D eigenvalue weighted by Crippen LogP contribution is -2.63. The van der Waals surface area contributed by atoms with Crippen molar-refractivity contribution in [3.8, 4) is 0 Å². The summed E-state index contributed by atoms with van der Waals surface area (Å²) in [4.78, 5) is 2.80. The Bertz CT molecular complexity index is 256. The summed E-state index contributed by atoms with van der Waals surface area (Å²) in [6.07, 6.45) is 6.94. The Morgan fingerprint density at radius 3 is 2.44 bits per heavy atom. The van der Waals surface area contributed by atoms with E-state index < -0.39 is 0 Å². The van der Waals surface area contributed by atoms with Gasteiger partial charge in [0.1, 0.15) is 0 Å². The van der Waals surface area contributed by atoms with E-state index in [1.165, 1.54) is 51.7 Å². The average molecular weight is 252 g/mol. The number of nitrogens with one attached hydrogen (secondary N) is 1. The van der Waals surface area contributed by atoms with Gasteiger partial charge in [0.05, 0.1) is 0 Å². The van der Waals surface area contributed by atoms with Crippen LogP contribution in [0.25, 0.3) is 0 Å². The quantitative estimate of drug-likeness (QED) is 0.826. The molecule has 1 heterocycles. The van der Waals surface area contributed by atoms with E-state index in [9.17, 15) is 0 Å². The Kier molecular flexibility index (Phi) is 4.71. The van der Waals surface area contributed by atoms with E-state index >= 15 is 0 Å². The van der Waals surface area contributed by atoms with Crippen LogP contribution in [0.15, 0.2) is 0 Å². The zero-order valence-corrected chi connectivity index (χ0v) is 12.8. The fraction of sp³-hybridized carbons (Fsp3) is 1.00. The standard InChI is InChI=1S/C16H32N2/c1-5-15-10-17-16(8-6-7-9-16)12-18(15)11-14(4)13(2)3/h13-15,17H,5-12H2,1-4H3. The first-order valence-electron chi connectivity index (χ1n) is 8.05. The van der Waals surface area contributed by atoms with Crippen molar-refractivity contribution in [2.45, 2.75) is 71.4 Å². The van der Waals surface area contributed by atoms with E-state index in [1.54, 1.807) is 0 Å². The third-order valence-electron chi connectivity index (χ3n) is 5.43. The summed E-state index contributed by atoms with van der Waals surface area (Å²) in [6.45, 7) is 13.3. The van der Waals surface area contributed by atoms with Crippen molar-refractivity contribution in [3.05, 3.63) is 0 Å². The van der Waals surface area contributed by atoms with Crippen LogP contribution in [0.4, 0.5) is 0 Å². The molecule has 1 spiro atoms. The zero-order chi connectivity index (χ0) is 13.2. The monoisotopic (exact) mass is 252 g/mol. The molecule has 2 atom stereocenters. The van der Waals surface area contributed by atoms with Crippen LogP contribution in [0.2, 0.25) is 0 Å². The fourth-order valence-corrected chi connectivity index (χ4v) is 3.62. The van der Waals surface area contributed by atoms with Crippen molar-refractivity contribution in [2.75, 3.05) is 19.6 Å². The molecule has 0 aromatic rings. The molecule has 2 unspecified atom stereocenters. The van der Waals surface area contributed by atoms with Crippen LogP contribution >= 0.6 is 0 Å². The second kappa shape index (κ2) is 5.92. The van der Waals surface area contributed by atoms with Gasteiger partial charge in [-0.05, 0) is 31.1 Å². The predicted octanol–water partition coefficient (Wildman–Crippen LogP) is 3.28. The lowest BCUT2D eigenvalue weighted by Gasteiger charge is -2.47. The van der Waals surface area contributed by atoms with Crippen molar-refractivity contribution in [1.29, 1.82) is 0 Å². The molecule has 106 valence electrons. The lowest BCUT2D eigenvalue weighted by molar-refractivity contribution is 0.0599. The van der Waals surface area contributed by atoms with Gasteiger partial charge in [-0.15, -0.1) is 0 Å². The summed E-state index contributed by atoms with van der Waals surface area (Å²) in [5.41, 5.74) is 0.475. The van der Waals surface area contributed by atoms with Crippen LogP contribution in [0.5, 0.6) is 0 Å². The largest absolute Gasteiger partial charge is 0.308 e. The molecular weight excluding hydrogens is 220 g/mol. The third kappa shape index (κ3) is 3.08. The van der Waals surface area contributed by atoms with Gasteiger partial charge in [-0.2, -0.15) is 0 Å². The van der Waals surface area contributed by atoms with Crippen molar-refractivity contribution in [2.24, 2.45) is 11.8 Å². The molecule has 0 aromatic carbocycles. The summed E-state index contributed by atoms with van der Waals surface area (Å²) in [5.74, 6) is 1.62. The van der Waals surface area contributed by atoms with Gasteiger partial charge in [0.15, 0.2) is 0 Å². The van der Waals surface area contributed by atoms with Gasteiger partial charge in [-0.25, -0.2) is 0 Å². The average Bonchev–Trinajstić information content (AvgIpc) is 2.77. The van der Waals surface area contributed by atoms with Gasteiger partial charge in [0.2, 0.25) is 0 Å². The Morgan fingerprint density at radius 1 is 1.22 bits per heavy atom. The van der Waals surface area contributed by atoms with E-state index in [-0.39, 0.29) is 0 Å². The highest BCUT2D eigenvalue weighted by Gasteiger charge is 2.40. The molecule has 2 nitrogen and oxygen atoms in total. The smallest absolute Gasteiger partial charge is 0.0309 e. The number of piperazine rings is 1. The Morgan fingerprint density at radius 2 is 1.89 bits per heavy atom. The molecule has 0 amide bonds. The Hall–Kier alpha value is -0.0800. The van der Waals surface area contributed by atoms with Crippen molar-refractivity contribution < 1.29 is 0 Å². The molecule has 0 aromatic heterocycles. The minimum Gasteiger partial charge on any atom is -0.308 e. The first-order valence-corrected chi connectivity index (χ1v) is 8.05. The molecule has 0 radical (unpaired) electrons. The maximum Gasteiger partial charge on any atom is 0.0309 e. The summed E-state index contributed by atoms with van der Waals surface area (Å²) < 4.78 is 0. The number of rotatable bonds is 4. The van der Waals surface area contributed by atoms with Gasteiger partial charge in [-0.1, -0.05) is 40.5 Å². The lowest BCUT2D eigenvalue weighted by atomic mass is 9.89. The second-order valence-corrected chi connectivity index (χ2v) is 7.08.